The number of carbonyl (C=O) groups is 2. The summed E-state index contributed by atoms with van der Waals surface area (Å²) >= 11 is 0. The van der Waals surface area contributed by atoms with E-state index in [2.05, 4.69) is 20.6 Å². The van der Waals surface area contributed by atoms with Crippen molar-refractivity contribution in [1.29, 1.82) is 0 Å². The van der Waals surface area contributed by atoms with Crippen molar-refractivity contribution in [3.8, 4) is 0 Å². The molecular formula is C18H18N4O2. The number of aromatic amines is 2. The van der Waals surface area contributed by atoms with Crippen molar-refractivity contribution in [3.05, 3.63) is 71.3 Å². The Morgan fingerprint density at radius 2 is 1.21 bits per heavy atom. The van der Waals surface area contributed by atoms with Crippen LogP contribution in [-0.4, -0.2) is 21.8 Å². The van der Waals surface area contributed by atoms with Crippen LogP contribution in [0.3, 0.4) is 0 Å². The Morgan fingerprint density at radius 3 is 1.54 bits per heavy atom. The standard InChI is InChI=1S/C18H18N4O2/c1-11-9-15(21-17(23)13-5-3-7-19-13)16(10-12(11)2)22-18(24)14-6-4-8-20-14/h3-10,19-20H,1-2H3,(H,21,23)(H,22,24). The normalized spacial score (nSPS) is 10.4. The molecule has 0 saturated carbocycles. The molecule has 6 nitrogen and oxygen atoms in total. The second-order valence-corrected chi connectivity index (χ2v) is 5.56. The Hall–Kier alpha value is -3.28. The number of amides is 2. The van der Waals surface area contributed by atoms with E-state index in [-0.39, 0.29) is 11.8 Å². The van der Waals surface area contributed by atoms with Crippen molar-refractivity contribution in [2.75, 3.05) is 10.6 Å². The van der Waals surface area contributed by atoms with Gasteiger partial charge < -0.3 is 20.6 Å². The van der Waals surface area contributed by atoms with E-state index in [1.807, 2.05) is 26.0 Å². The van der Waals surface area contributed by atoms with Crippen LogP contribution in [-0.2, 0) is 0 Å². The van der Waals surface area contributed by atoms with Gasteiger partial charge in [0, 0.05) is 12.4 Å². The van der Waals surface area contributed by atoms with Gasteiger partial charge in [0.05, 0.1) is 11.4 Å². The largest absolute Gasteiger partial charge is 0.357 e. The molecule has 0 spiro atoms. The zero-order valence-electron chi connectivity index (χ0n) is 13.4. The molecule has 0 unspecified atom stereocenters. The molecule has 0 radical (unpaired) electrons. The number of hydrogen-bond acceptors (Lipinski definition) is 2. The van der Waals surface area contributed by atoms with Gasteiger partial charge in [0.2, 0.25) is 0 Å². The van der Waals surface area contributed by atoms with Gasteiger partial charge in [-0.05, 0) is 61.4 Å². The minimum Gasteiger partial charge on any atom is -0.357 e. The van der Waals surface area contributed by atoms with Crippen LogP contribution in [0.2, 0.25) is 0 Å². The van der Waals surface area contributed by atoms with Gasteiger partial charge in [-0.15, -0.1) is 0 Å². The maximum Gasteiger partial charge on any atom is 0.272 e. The average molecular weight is 322 g/mol. The predicted octanol–water partition coefficient (Wildman–Crippen LogP) is 3.46. The first-order valence-electron chi connectivity index (χ1n) is 7.55. The lowest BCUT2D eigenvalue weighted by atomic mass is 10.1. The lowest BCUT2D eigenvalue weighted by Gasteiger charge is -2.14. The van der Waals surface area contributed by atoms with E-state index in [9.17, 15) is 9.59 Å². The highest BCUT2D eigenvalue weighted by molar-refractivity contribution is 6.09. The Morgan fingerprint density at radius 1 is 0.792 bits per heavy atom. The van der Waals surface area contributed by atoms with E-state index in [0.717, 1.165) is 11.1 Å². The molecule has 2 amide bonds. The molecule has 2 aromatic heterocycles. The molecule has 0 fully saturated rings. The summed E-state index contributed by atoms with van der Waals surface area (Å²) in [5.74, 6) is -0.530. The minimum absolute atomic E-state index is 0.265. The highest BCUT2D eigenvalue weighted by Crippen LogP contribution is 2.27. The minimum atomic E-state index is -0.265. The first kappa shape index (κ1) is 15.6. The van der Waals surface area contributed by atoms with Crippen molar-refractivity contribution >= 4 is 23.2 Å². The molecule has 3 aromatic rings. The molecule has 1 aromatic carbocycles. The third kappa shape index (κ3) is 3.22. The Bertz CT molecular complexity index is 792. The quantitative estimate of drug-likeness (QED) is 0.592. The van der Waals surface area contributed by atoms with Crippen LogP contribution in [0.15, 0.2) is 48.8 Å². The number of aromatic nitrogens is 2. The van der Waals surface area contributed by atoms with E-state index in [1.165, 1.54) is 0 Å². The van der Waals surface area contributed by atoms with Crippen LogP contribution in [0.4, 0.5) is 11.4 Å². The molecule has 0 aliphatic rings. The second kappa shape index (κ2) is 6.45. The summed E-state index contributed by atoms with van der Waals surface area (Å²) in [4.78, 5) is 30.3. The number of H-pyrrole nitrogens is 2. The van der Waals surface area contributed by atoms with Gasteiger partial charge in [-0.2, -0.15) is 0 Å². The summed E-state index contributed by atoms with van der Waals surface area (Å²) in [5.41, 5.74) is 4.06. The van der Waals surface area contributed by atoms with Gasteiger partial charge in [0.15, 0.2) is 0 Å². The summed E-state index contributed by atoms with van der Waals surface area (Å²) in [6, 6.07) is 10.6. The van der Waals surface area contributed by atoms with Crippen LogP contribution < -0.4 is 10.6 Å². The molecule has 0 atom stereocenters. The van der Waals surface area contributed by atoms with E-state index in [1.54, 1.807) is 36.7 Å². The van der Waals surface area contributed by atoms with E-state index < -0.39 is 0 Å². The second-order valence-electron chi connectivity index (χ2n) is 5.56. The van der Waals surface area contributed by atoms with Gasteiger partial charge in [-0.3, -0.25) is 9.59 Å². The number of benzene rings is 1. The molecule has 0 bridgehead atoms. The van der Waals surface area contributed by atoms with E-state index in [4.69, 9.17) is 0 Å². The number of anilines is 2. The fraction of sp³-hybridized carbons (Fsp3) is 0.111. The van der Waals surface area contributed by atoms with E-state index in [0.29, 0.717) is 22.8 Å². The third-order valence-electron chi connectivity index (χ3n) is 3.82. The lowest BCUT2D eigenvalue weighted by molar-refractivity contribution is 0.101. The monoisotopic (exact) mass is 322 g/mol. The highest BCUT2D eigenvalue weighted by atomic mass is 16.2. The van der Waals surface area contributed by atoms with Gasteiger partial charge >= 0.3 is 0 Å². The molecule has 0 aliphatic heterocycles. The Labute approximate surface area is 139 Å². The van der Waals surface area contributed by atoms with Crippen molar-refractivity contribution in [2.24, 2.45) is 0 Å². The smallest absolute Gasteiger partial charge is 0.272 e. The lowest BCUT2D eigenvalue weighted by Crippen LogP contribution is -2.17. The van der Waals surface area contributed by atoms with Gasteiger partial charge in [-0.1, -0.05) is 0 Å². The number of carbonyl (C=O) groups excluding carboxylic acids is 2. The summed E-state index contributed by atoms with van der Waals surface area (Å²) < 4.78 is 0. The van der Waals surface area contributed by atoms with E-state index >= 15 is 0 Å². The Kier molecular flexibility index (Phi) is 4.20. The average Bonchev–Trinajstić information content (AvgIpc) is 3.24. The Balaban J connectivity index is 1.88. The molecular weight excluding hydrogens is 304 g/mol. The van der Waals surface area contributed by atoms with Gasteiger partial charge in [0.25, 0.3) is 11.8 Å². The topological polar surface area (TPSA) is 89.8 Å². The fourth-order valence-electron chi connectivity index (χ4n) is 2.35. The van der Waals surface area contributed by atoms with Gasteiger partial charge in [-0.25, -0.2) is 0 Å². The van der Waals surface area contributed by atoms with Crippen LogP contribution in [0.25, 0.3) is 0 Å². The van der Waals surface area contributed by atoms with Crippen molar-refractivity contribution in [1.82, 2.24) is 9.97 Å². The summed E-state index contributed by atoms with van der Waals surface area (Å²) in [6.45, 7) is 3.91. The molecule has 0 saturated heterocycles. The van der Waals surface area contributed by atoms with Crippen molar-refractivity contribution in [3.63, 3.8) is 0 Å². The molecule has 122 valence electrons. The SMILES string of the molecule is Cc1cc(NC(=O)c2ccc[nH]2)c(NC(=O)c2ccc[nH]2)cc1C. The van der Waals surface area contributed by atoms with Crippen molar-refractivity contribution in [2.45, 2.75) is 13.8 Å². The first-order valence-corrected chi connectivity index (χ1v) is 7.55. The van der Waals surface area contributed by atoms with Gasteiger partial charge in [0.1, 0.15) is 11.4 Å². The number of rotatable bonds is 4. The summed E-state index contributed by atoms with van der Waals surface area (Å²) in [5, 5.41) is 5.67. The van der Waals surface area contributed by atoms with Crippen LogP contribution in [0.5, 0.6) is 0 Å². The maximum absolute atomic E-state index is 12.3. The molecule has 0 aliphatic carbocycles. The summed E-state index contributed by atoms with van der Waals surface area (Å²) in [7, 11) is 0. The predicted molar refractivity (Wildman–Crippen MR) is 93.4 cm³/mol. The fourth-order valence-corrected chi connectivity index (χ4v) is 2.35. The highest BCUT2D eigenvalue weighted by Gasteiger charge is 2.14. The van der Waals surface area contributed by atoms with Crippen molar-refractivity contribution < 1.29 is 9.59 Å². The molecule has 3 rings (SSSR count). The zero-order valence-corrected chi connectivity index (χ0v) is 13.4. The summed E-state index contributed by atoms with van der Waals surface area (Å²) in [6.07, 6.45) is 3.37. The number of hydrogen-bond donors (Lipinski definition) is 4. The number of aryl methyl sites for hydroxylation is 2. The molecule has 6 heteroatoms. The third-order valence-corrected chi connectivity index (χ3v) is 3.82. The molecule has 24 heavy (non-hydrogen) atoms. The van der Waals surface area contributed by atoms with Crippen LogP contribution in [0.1, 0.15) is 32.1 Å². The van der Waals surface area contributed by atoms with Crippen LogP contribution in [0, 0.1) is 13.8 Å². The molecule has 2 heterocycles. The maximum atomic E-state index is 12.3. The zero-order chi connectivity index (χ0) is 17.1. The molecule has 4 N–H and O–H groups in total. The first-order chi connectivity index (χ1) is 11.5. The number of nitrogens with one attached hydrogen (secondary N) is 4. The van der Waals surface area contributed by atoms with Crippen LogP contribution >= 0.6 is 0 Å².